The first-order valence-corrected chi connectivity index (χ1v) is 31.7. The van der Waals surface area contributed by atoms with E-state index in [9.17, 15) is 14.4 Å². The van der Waals surface area contributed by atoms with Crippen molar-refractivity contribution in [3.8, 4) is 0 Å². The average molecular weight is 988 g/mol. The van der Waals surface area contributed by atoms with Crippen LogP contribution in [0, 0.1) is 0 Å². The topological polar surface area (TPSA) is 78.9 Å². The number of unbranched alkanes of at least 4 members (excludes halogenated alkanes) is 46. The molecule has 6 nitrogen and oxygen atoms in total. The summed E-state index contributed by atoms with van der Waals surface area (Å²) in [5, 5.41) is 0. The molecule has 0 radical (unpaired) electrons. The SMILES string of the molecule is CCCCCCCCCC/C=C\CCCCCCCCCCCCCCCC(=O)OCC(COC(=O)CCCCCCCCCCC)OC(=O)CCCCCCCCCCCCCCCCCCCC. The first-order valence-electron chi connectivity index (χ1n) is 31.7. The van der Waals surface area contributed by atoms with Crippen molar-refractivity contribution in [1.82, 2.24) is 0 Å². The van der Waals surface area contributed by atoms with Crippen molar-refractivity contribution in [2.75, 3.05) is 13.2 Å². The molecule has 0 aliphatic heterocycles. The Balaban J connectivity index is 4.13. The van der Waals surface area contributed by atoms with Gasteiger partial charge in [0.25, 0.3) is 0 Å². The van der Waals surface area contributed by atoms with Crippen molar-refractivity contribution in [3.63, 3.8) is 0 Å². The monoisotopic (exact) mass is 987 g/mol. The summed E-state index contributed by atoms with van der Waals surface area (Å²) in [6.07, 6.45) is 69.5. The van der Waals surface area contributed by atoms with E-state index in [4.69, 9.17) is 14.2 Å². The fourth-order valence-corrected chi connectivity index (χ4v) is 9.74. The molecule has 0 bridgehead atoms. The van der Waals surface area contributed by atoms with Gasteiger partial charge in [0.2, 0.25) is 0 Å². The molecule has 0 aromatic rings. The van der Waals surface area contributed by atoms with E-state index in [0.29, 0.717) is 19.3 Å². The van der Waals surface area contributed by atoms with Crippen LogP contribution in [0.1, 0.15) is 361 Å². The van der Waals surface area contributed by atoms with Gasteiger partial charge in [-0.2, -0.15) is 0 Å². The van der Waals surface area contributed by atoms with E-state index in [2.05, 4.69) is 32.9 Å². The summed E-state index contributed by atoms with van der Waals surface area (Å²) < 4.78 is 16.9. The van der Waals surface area contributed by atoms with E-state index in [0.717, 1.165) is 57.8 Å². The highest BCUT2D eigenvalue weighted by atomic mass is 16.6. The van der Waals surface area contributed by atoms with Crippen molar-refractivity contribution in [2.24, 2.45) is 0 Å². The number of hydrogen-bond donors (Lipinski definition) is 0. The summed E-state index contributed by atoms with van der Waals surface area (Å²) in [6.45, 7) is 6.69. The minimum atomic E-state index is -0.763. The van der Waals surface area contributed by atoms with Crippen molar-refractivity contribution >= 4 is 17.9 Å². The van der Waals surface area contributed by atoms with Crippen LogP contribution in [-0.2, 0) is 28.6 Å². The summed E-state index contributed by atoms with van der Waals surface area (Å²) in [5.74, 6) is -0.839. The molecule has 0 N–H and O–H groups in total. The van der Waals surface area contributed by atoms with Crippen molar-refractivity contribution in [1.29, 1.82) is 0 Å². The Morgan fingerprint density at radius 1 is 0.271 bits per heavy atom. The Morgan fingerprint density at radius 2 is 0.471 bits per heavy atom. The molecule has 0 amide bonds. The average Bonchev–Trinajstić information content (AvgIpc) is 3.36. The Kier molecular flexibility index (Phi) is 58.1. The molecule has 0 fully saturated rings. The fourth-order valence-electron chi connectivity index (χ4n) is 9.74. The zero-order valence-electron chi connectivity index (χ0n) is 47.6. The number of allylic oxidation sites excluding steroid dienone is 2. The molecule has 0 saturated carbocycles. The van der Waals surface area contributed by atoms with Gasteiger partial charge >= 0.3 is 17.9 Å². The van der Waals surface area contributed by atoms with Gasteiger partial charge in [-0.25, -0.2) is 0 Å². The second kappa shape index (κ2) is 59.7. The third kappa shape index (κ3) is 57.1. The third-order valence-corrected chi connectivity index (χ3v) is 14.5. The van der Waals surface area contributed by atoms with E-state index in [1.807, 2.05) is 0 Å². The van der Waals surface area contributed by atoms with Crippen LogP contribution in [0.5, 0.6) is 0 Å². The van der Waals surface area contributed by atoms with Crippen molar-refractivity contribution < 1.29 is 28.6 Å². The Labute approximate surface area is 437 Å². The quantitative estimate of drug-likeness (QED) is 0.0261. The highest BCUT2D eigenvalue weighted by molar-refractivity contribution is 5.71. The third-order valence-electron chi connectivity index (χ3n) is 14.5. The molecule has 70 heavy (non-hydrogen) atoms. The molecular weight excluding hydrogens is 865 g/mol. The van der Waals surface area contributed by atoms with Gasteiger partial charge < -0.3 is 14.2 Å². The van der Waals surface area contributed by atoms with Crippen LogP contribution in [0.2, 0.25) is 0 Å². The van der Waals surface area contributed by atoms with Crippen LogP contribution < -0.4 is 0 Å². The molecule has 0 saturated heterocycles. The predicted molar refractivity (Wildman–Crippen MR) is 303 cm³/mol. The molecule has 0 aliphatic carbocycles. The van der Waals surface area contributed by atoms with E-state index >= 15 is 0 Å². The van der Waals surface area contributed by atoms with Gasteiger partial charge in [-0.15, -0.1) is 0 Å². The number of carbonyl (C=O) groups excluding carboxylic acids is 3. The Hall–Kier alpha value is -1.85. The molecule has 0 aromatic carbocycles. The molecule has 0 aliphatic rings. The molecule has 414 valence electrons. The van der Waals surface area contributed by atoms with Gasteiger partial charge in [0.05, 0.1) is 0 Å². The zero-order valence-corrected chi connectivity index (χ0v) is 47.6. The molecule has 1 atom stereocenters. The van der Waals surface area contributed by atoms with Crippen molar-refractivity contribution in [2.45, 2.75) is 367 Å². The molecular formula is C64H122O6. The first-order chi connectivity index (χ1) is 34.5. The molecule has 1 unspecified atom stereocenters. The van der Waals surface area contributed by atoms with Crippen LogP contribution in [-0.4, -0.2) is 37.2 Å². The highest BCUT2D eigenvalue weighted by Crippen LogP contribution is 2.18. The smallest absolute Gasteiger partial charge is 0.306 e. The summed E-state index contributed by atoms with van der Waals surface area (Å²) >= 11 is 0. The lowest BCUT2D eigenvalue weighted by atomic mass is 10.0. The maximum atomic E-state index is 12.9. The lowest BCUT2D eigenvalue weighted by Crippen LogP contribution is -2.30. The van der Waals surface area contributed by atoms with Gasteiger partial charge in [-0.05, 0) is 44.9 Å². The maximum absolute atomic E-state index is 12.9. The van der Waals surface area contributed by atoms with Gasteiger partial charge in [0.1, 0.15) is 13.2 Å². The van der Waals surface area contributed by atoms with Crippen LogP contribution in [0.25, 0.3) is 0 Å². The second-order valence-electron chi connectivity index (χ2n) is 21.7. The van der Waals surface area contributed by atoms with E-state index in [-0.39, 0.29) is 31.1 Å². The van der Waals surface area contributed by atoms with Crippen LogP contribution in [0.3, 0.4) is 0 Å². The van der Waals surface area contributed by atoms with Gasteiger partial charge in [0, 0.05) is 19.3 Å². The normalized spacial score (nSPS) is 12.0. The summed E-state index contributed by atoms with van der Waals surface area (Å²) in [4.78, 5) is 38.1. The molecule has 0 rings (SSSR count). The number of carbonyl (C=O) groups is 3. The number of hydrogen-bond acceptors (Lipinski definition) is 6. The first kappa shape index (κ1) is 68.2. The van der Waals surface area contributed by atoms with Gasteiger partial charge in [-0.3, -0.25) is 14.4 Å². The Bertz CT molecular complexity index is 1090. The van der Waals surface area contributed by atoms with E-state index in [1.54, 1.807) is 0 Å². The second-order valence-corrected chi connectivity index (χ2v) is 21.7. The van der Waals surface area contributed by atoms with Gasteiger partial charge in [0.15, 0.2) is 6.10 Å². The lowest BCUT2D eigenvalue weighted by molar-refractivity contribution is -0.167. The van der Waals surface area contributed by atoms with Gasteiger partial charge in [-0.1, -0.05) is 309 Å². The highest BCUT2D eigenvalue weighted by Gasteiger charge is 2.19. The standard InChI is InChI=1S/C64H122O6/c1-4-7-10-13-16-19-21-23-25-27-29-30-31-32-33-34-35-37-38-40-42-45-48-51-54-57-63(66)69-60-61(59-68-62(65)56-53-50-47-44-18-15-12-9-6-3)70-64(67)58-55-52-49-46-43-41-39-36-28-26-24-22-20-17-14-11-8-5-2/h27,29,61H,4-26,28,30-60H2,1-3H3/b29-27-. The van der Waals surface area contributed by atoms with E-state index < -0.39 is 6.10 Å². The maximum Gasteiger partial charge on any atom is 0.306 e. The molecule has 0 heterocycles. The largest absolute Gasteiger partial charge is 0.462 e. The number of rotatable bonds is 59. The molecule has 6 heteroatoms. The lowest BCUT2D eigenvalue weighted by Gasteiger charge is -2.18. The summed E-state index contributed by atoms with van der Waals surface area (Å²) in [5.41, 5.74) is 0. The minimum absolute atomic E-state index is 0.0637. The summed E-state index contributed by atoms with van der Waals surface area (Å²) in [7, 11) is 0. The minimum Gasteiger partial charge on any atom is -0.462 e. The molecule has 0 spiro atoms. The molecule has 0 aromatic heterocycles. The van der Waals surface area contributed by atoms with Crippen LogP contribution in [0.4, 0.5) is 0 Å². The number of ether oxygens (including phenoxy) is 3. The Morgan fingerprint density at radius 3 is 0.714 bits per heavy atom. The van der Waals surface area contributed by atoms with Crippen molar-refractivity contribution in [3.05, 3.63) is 12.2 Å². The zero-order chi connectivity index (χ0) is 50.7. The van der Waals surface area contributed by atoms with Crippen LogP contribution in [0.15, 0.2) is 12.2 Å². The predicted octanol–water partition coefficient (Wildman–Crippen LogP) is 21.3. The fraction of sp³-hybridized carbons (Fsp3) is 0.922. The summed E-state index contributed by atoms with van der Waals surface area (Å²) in [6, 6.07) is 0. The van der Waals surface area contributed by atoms with E-state index in [1.165, 1.54) is 263 Å². The number of esters is 3. The van der Waals surface area contributed by atoms with Crippen LogP contribution >= 0.6 is 0 Å².